The maximum Gasteiger partial charge on any atom is 0.0991 e. The molecule has 2 heterocycles. The number of imidazole rings is 1. The van der Waals surface area contributed by atoms with Crippen LogP contribution in [0.1, 0.15) is 19.4 Å². The average Bonchev–Trinajstić information content (AvgIpc) is 3.05. The minimum atomic E-state index is -0.250. The summed E-state index contributed by atoms with van der Waals surface area (Å²) >= 11 is 0. The number of hydrogen-bond donors (Lipinski definition) is 1. The highest BCUT2D eigenvalue weighted by molar-refractivity contribution is 5.34. The molecule has 0 spiro atoms. The molecule has 0 bridgehead atoms. The summed E-state index contributed by atoms with van der Waals surface area (Å²) in [5.41, 5.74) is 2.48. The molecule has 1 saturated heterocycles. The number of aliphatic hydroxyl groups excluding tert-OH is 1. The Hall–Kier alpha value is -1.69. The summed E-state index contributed by atoms with van der Waals surface area (Å²) in [4.78, 5) is 8.96. The van der Waals surface area contributed by atoms with Crippen molar-refractivity contribution in [2.45, 2.75) is 32.5 Å². The minimum absolute atomic E-state index is 0.250. The minimum Gasteiger partial charge on any atom is -0.392 e. The fraction of sp³-hybridized carbons (Fsp3) is 0.500. The zero-order chi connectivity index (χ0) is 16.2. The molecule has 2 aromatic rings. The lowest BCUT2D eigenvalue weighted by Crippen LogP contribution is -2.53. The Morgan fingerprint density at radius 2 is 2.04 bits per heavy atom. The second-order valence-electron chi connectivity index (χ2n) is 6.56. The summed E-state index contributed by atoms with van der Waals surface area (Å²) in [6.07, 6.45) is 5.32. The standard InChI is InChI=1S/C18H26N4O/c1-15-11-20(9-10-21(15)12-16(2)23)13-17-3-5-18(6-4-17)22-8-7-19-14-22/h3-8,14-16,23H,9-13H2,1-2H3. The van der Waals surface area contributed by atoms with E-state index in [0.717, 1.165) is 38.4 Å². The Kier molecular flexibility index (Phi) is 5.10. The highest BCUT2D eigenvalue weighted by Crippen LogP contribution is 2.15. The molecule has 1 aliphatic rings. The van der Waals surface area contributed by atoms with Gasteiger partial charge in [0.25, 0.3) is 0 Å². The lowest BCUT2D eigenvalue weighted by Gasteiger charge is -2.40. The molecule has 1 aliphatic heterocycles. The van der Waals surface area contributed by atoms with E-state index in [1.54, 1.807) is 6.20 Å². The molecule has 1 aromatic heterocycles. The van der Waals surface area contributed by atoms with Crippen molar-refractivity contribution in [1.82, 2.24) is 19.4 Å². The summed E-state index contributed by atoms with van der Waals surface area (Å²) in [6.45, 7) is 9.00. The Morgan fingerprint density at radius 1 is 1.26 bits per heavy atom. The third kappa shape index (κ3) is 4.19. The molecule has 1 aromatic carbocycles. The topological polar surface area (TPSA) is 44.5 Å². The third-order valence-corrected chi connectivity index (χ3v) is 4.49. The van der Waals surface area contributed by atoms with E-state index in [1.807, 2.05) is 24.0 Å². The quantitative estimate of drug-likeness (QED) is 0.913. The van der Waals surface area contributed by atoms with Crippen LogP contribution in [0.25, 0.3) is 5.69 Å². The number of aliphatic hydroxyl groups is 1. The van der Waals surface area contributed by atoms with Gasteiger partial charge in [0.1, 0.15) is 0 Å². The Morgan fingerprint density at radius 3 is 2.65 bits per heavy atom. The smallest absolute Gasteiger partial charge is 0.0991 e. The second-order valence-corrected chi connectivity index (χ2v) is 6.56. The van der Waals surface area contributed by atoms with Crippen molar-refractivity contribution in [2.75, 3.05) is 26.2 Å². The predicted octanol–water partition coefficient (Wildman–Crippen LogP) is 1.76. The number of rotatable bonds is 5. The van der Waals surface area contributed by atoms with Gasteiger partial charge in [0.05, 0.1) is 12.4 Å². The summed E-state index contributed by atoms with van der Waals surface area (Å²) in [7, 11) is 0. The molecule has 0 saturated carbocycles. The van der Waals surface area contributed by atoms with E-state index in [1.165, 1.54) is 5.56 Å². The van der Waals surface area contributed by atoms with Crippen LogP contribution in [-0.2, 0) is 6.54 Å². The van der Waals surface area contributed by atoms with E-state index in [4.69, 9.17) is 0 Å². The maximum atomic E-state index is 9.57. The van der Waals surface area contributed by atoms with Crippen molar-refractivity contribution in [2.24, 2.45) is 0 Å². The molecule has 1 fully saturated rings. The molecule has 3 rings (SSSR count). The first-order chi connectivity index (χ1) is 11.1. The van der Waals surface area contributed by atoms with E-state index in [0.29, 0.717) is 6.04 Å². The van der Waals surface area contributed by atoms with Gasteiger partial charge in [0.15, 0.2) is 0 Å². The number of β-amino-alcohol motifs (C(OH)–C–C–N with tert-alkyl or cyclic N) is 1. The zero-order valence-corrected chi connectivity index (χ0v) is 14.0. The van der Waals surface area contributed by atoms with Gasteiger partial charge in [0, 0.05) is 56.8 Å². The molecule has 2 unspecified atom stereocenters. The fourth-order valence-corrected chi connectivity index (χ4v) is 3.27. The van der Waals surface area contributed by atoms with Crippen LogP contribution in [0.15, 0.2) is 43.0 Å². The third-order valence-electron chi connectivity index (χ3n) is 4.49. The molecule has 0 radical (unpaired) electrons. The number of benzene rings is 1. The largest absolute Gasteiger partial charge is 0.392 e. The van der Waals surface area contributed by atoms with Crippen LogP contribution in [0.3, 0.4) is 0 Å². The van der Waals surface area contributed by atoms with E-state index in [2.05, 4.69) is 46.0 Å². The lowest BCUT2D eigenvalue weighted by molar-refractivity contribution is 0.0423. The first-order valence-electron chi connectivity index (χ1n) is 8.33. The summed E-state index contributed by atoms with van der Waals surface area (Å²) in [6, 6.07) is 9.17. The normalized spacial score (nSPS) is 21.4. The molecular weight excluding hydrogens is 288 g/mol. The Labute approximate surface area is 138 Å². The summed E-state index contributed by atoms with van der Waals surface area (Å²) in [5.74, 6) is 0. The SMILES string of the molecule is CC(O)CN1CCN(Cc2ccc(-n3ccnc3)cc2)CC1C. The lowest BCUT2D eigenvalue weighted by atomic mass is 10.1. The predicted molar refractivity (Wildman–Crippen MR) is 91.6 cm³/mol. The van der Waals surface area contributed by atoms with Crippen molar-refractivity contribution in [3.05, 3.63) is 48.5 Å². The molecule has 23 heavy (non-hydrogen) atoms. The van der Waals surface area contributed by atoms with Gasteiger partial charge >= 0.3 is 0 Å². The van der Waals surface area contributed by atoms with Gasteiger partial charge in [-0.2, -0.15) is 0 Å². The number of piperazine rings is 1. The summed E-state index contributed by atoms with van der Waals surface area (Å²) in [5, 5.41) is 9.57. The fourth-order valence-electron chi connectivity index (χ4n) is 3.27. The first-order valence-corrected chi connectivity index (χ1v) is 8.33. The van der Waals surface area contributed by atoms with Crippen molar-refractivity contribution < 1.29 is 5.11 Å². The van der Waals surface area contributed by atoms with Crippen LogP contribution in [-0.4, -0.2) is 62.8 Å². The van der Waals surface area contributed by atoms with E-state index in [9.17, 15) is 5.11 Å². The van der Waals surface area contributed by atoms with Crippen molar-refractivity contribution >= 4 is 0 Å². The van der Waals surface area contributed by atoms with Crippen LogP contribution in [0.2, 0.25) is 0 Å². The van der Waals surface area contributed by atoms with E-state index < -0.39 is 0 Å². The van der Waals surface area contributed by atoms with Crippen LogP contribution in [0.4, 0.5) is 0 Å². The molecular formula is C18H26N4O. The molecule has 1 N–H and O–H groups in total. The highest BCUT2D eigenvalue weighted by atomic mass is 16.3. The molecule has 124 valence electrons. The highest BCUT2D eigenvalue weighted by Gasteiger charge is 2.24. The van der Waals surface area contributed by atoms with Crippen molar-refractivity contribution in [3.63, 3.8) is 0 Å². The van der Waals surface area contributed by atoms with Crippen LogP contribution >= 0.6 is 0 Å². The monoisotopic (exact) mass is 314 g/mol. The Bertz CT molecular complexity index is 594. The van der Waals surface area contributed by atoms with Gasteiger partial charge in [-0.25, -0.2) is 4.98 Å². The second kappa shape index (κ2) is 7.25. The van der Waals surface area contributed by atoms with Gasteiger partial charge in [-0.3, -0.25) is 9.80 Å². The number of hydrogen-bond acceptors (Lipinski definition) is 4. The first kappa shape index (κ1) is 16.2. The van der Waals surface area contributed by atoms with Crippen LogP contribution in [0.5, 0.6) is 0 Å². The van der Waals surface area contributed by atoms with Crippen molar-refractivity contribution in [3.8, 4) is 5.69 Å². The van der Waals surface area contributed by atoms with Crippen molar-refractivity contribution in [1.29, 1.82) is 0 Å². The maximum absolute atomic E-state index is 9.57. The average molecular weight is 314 g/mol. The molecule has 5 heteroatoms. The molecule has 2 atom stereocenters. The Balaban J connectivity index is 1.56. The summed E-state index contributed by atoms with van der Waals surface area (Å²) < 4.78 is 2.01. The van der Waals surface area contributed by atoms with Gasteiger partial charge in [0.2, 0.25) is 0 Å². The molecule has 0 aliphatic carbocycles. The number of aromatic nitrogens is 2. The van der Waals surface area contributed by atoms with Gasteiger partial charge in [-0.05, 0) is 31.5 Å². The van der Waals surface area contributed by atoms with Gasteiger partial charge in [-0.1, -0.05) is 12.1 Å². The van der Waals surface area contributed by atoms with Gasteiger partial charge < -0.3 is 9.67 Å². The van der Waals surface area contributed by atoms with E-state index >= 15 is 0 Å². The molecule has 5 nitrogen and oxygen atoms in total. The zero-order valence-electron chi connectivity index (χ0n) is 14.0. The van der Waals surface area contributed by atoms with Crippen LogP contribution in [0, 0.1) is 0 Å². The van der Waals surface area contributed by atoms with E-state index in [-0.39, 0.29) is 6.10 Å². The van der Waals surface area contributed by atoms with Crippen LogP contribution < -0.4 is 0 Å². The molecule has 0 amide bonds. The number of nitrogens with zero attached hydrogens (tertiary/aromatic N) is 4. The van der Waals surface area contributed by atoms with Gasteiger partial charge in [-0.15, -0.1) is 0 Å².